The summed E-state index contributed by atoms with van der Waals surface area (Å²) in [5, 5.41) is 3.57. The number of anilines is 1. The van der Waals surface area contributed by atoms with Crippen LogP contribution in [0.4, 0.5) is 5.69 Å². The van der Waals surface area contributed by atoms with E-state index >= 15 is 0 Å². The lowest BCUT2D eigenvalue weighted by molar-refractivity contribution is -0.139. The van der Waals surface area contributed by atoms with E-state index in [4.69, 9.17) is 27.9 Å². The molecule has 0 saturated heterocycles. The Balaban J connectivity index is 2.47. The zero-order valence-electron chi connectivity index (χ0n) is 20.4. The highest BCUT2D eigenvalue weighted by Crippen LogP contribution is 2.33. The lowest BCUT2D eigenvalue weighted by atomic mass is 10.1. The molecule has 0 heterocycles. The van der Waals surface area contributed by atoms with Crippen LogP contribution in [-0.4, -0.2) is 57.1 Å². The van der Waals surface area contributed by atoms with Crippen LogP contribution in [0.5, 0.6) is 5.75 Å². The smallest absolute Gasteiger partial charge is 0.244 e. The zero-order chi connectivity index (χ0) is 26.3. The average Bonchev–Trinajstić information content (AvgIpc) is 2.80. The van der Waals surface area contributed by atoms with Gasteiger partial charge in [-0.05, 0) is 50.1 Å². The maximum atomic E-state index is 13.6. The molecule has 2 atom stereocenters. The second-order valence-corrected chi connectivity index (χ2v) is 10.9. The van der Waals surface area contributed by atoms with Crippen LogP contribution >= 0.6 is 23.2 Å². The molecule has 0 spiro atoms. The molecule has 0 fully saturated rings. The highest BCUT2D eigenvalue weighted by molar-refractivity contribution is 7.92. The topological polar surface area (TPSA) is 96.0 Å². The van der Waals surface area contributed by atoms with Crippen molar-refractivity contribution in [2.24, 2.45) is 0 Å². The number of benzene rings is 2. The molecule has 2 aromatic rings. The number of carbonyl (C=O) groups is 2. The van der Waals surface area contributed by atoms with Crippen molar-refractivity contribution in [3.63, 3.8) is 0 Å². The Hall–Kier alpha value is -2.49. The predicted molar refractivity (Wildman–Crippen MR) is 140 cm³/mol. The van der Waals surface area contributed by atoms with Gasteiger partial charge in [0.25, 0.3) is 0 Å². The number of nitrogens with one attached hydrogen (secondary N) is 1. The van der Waals surface area contributed by atoms with Crippen molar-refractivity contribution in [3.05, 3.63) is 58.1 Å². The van der Waals surface area contributed by atoms with E-state index in [0.29, 0.717) is 17.0 Å². The molecule has 0 aliphatic heterocycles. The fourth-order valence-corrected chi connectivity index (χ4v) is 4.52. The number of hydrogen-bond donors (Lipinski definition) is 1. The van der Waals surface area contributed by atoms with Gasteiger partial charge in [-0.15, -0.1) is 0 Å². The molecule has 11 heteroatoms. The van der Waals surface area contributed by atoms with Gasteiger partial charge in [-0.3, -0.25) is 13.9 Å². The van der Waals surface area contributed by atoms with Gasteiger partial charge in [-0.2, -0.15) is 0 Å². The van der Waals surface area contributed by atoms with Crippen LogP contribution in [0.25, 0.3) is 0 Å². The maximum absolute atomic E-state index is 13.6. The number of sulfonamides is 1. The Morgan fingerprint density at radius 2 is 1.77 bits per heavy atom. The first-order valence-corrected chi connectivity index (χ1v) is 13.6. The molecule has 0 unspecified atom stereocenters. The molecule has 0 saturated carbocycles. The lowest BCUT2D eigenvalue weighted by Crippen LogP contribution is -2.52. The first kappa shape index (κ1) is 28.7. The van der Waals surface area contributed by atoms with E-state index in [9.17, 15) is 18.0 Å². The molecule has 8 nitrogen and oxygen atoms in total. The number of hydrogen-bond acceptors (Lipinski definition) is 5. The fraction of sp³-hybridized carbons (Fsp3) is 0.417. The first-order chi connectivity index (χ1) is 16.4. The minimum absolute atomic E-state index is 0.0118. The van der Waals surface area contributed by atoms with Crippen LogP contribution < -0.4 is 14.4 Å². The lowest BCUT2D eigenvalue weighted by Gasteiger charge is -2.32. The summed E-state index contributed by atoms with van der Waals surface area (Å²) >= 11 is 12.4. The van der Waals surface area contributed by atoms with Crippen molar-refractivity contribution in [2.75, 3.05) is 24.2 Å². The molecule has 2 aromatic carbocycles. The van der Waals surface area contributed by atoms with Gasteiger partial charge in [0.15, 0.2) is 0 Å². The third-order valence-corrected chi connectivity index (χ3v) is 7.29. The van der Waals surface area contributed by atoms with Crippen LogP contribution in [0.1, 0.15) is 32.8 Å². The Kier molecular flexibility index (Phi) is 10.2. The summed E-state index contributed by atoms with van der Waals surface area (Å²) in [5.74, 6) is -0.719. The molecule has 35 heavy (non-hydrogen) atoms. The monoisotopic (exact) mass is 543 g/mol. The number of ether oxygens (including phenoxy) is 1. The van der Waals surface area contributed by atoms with Crippen LogP contribution in [0, 0.1) is 0 Å². The van der Waals surface area contributed by atoms with Gasteiger partial charge in [0.05, 0.1) is 19.1 Å². The predicted octanol–water partition coefficient (Wildman–Crippen LogP) is 4.10. The fourth-order valence-electron chi connectivity index (χ4n) is 3.31. The van der Waals surface area contributed by atoms with E-state index in [1.807, 2.05) is 13.8 Å². The number of nitrogens with zero attached hydrogens (tertiary/aromatic N) is 2. The molecule has 0 aliphatic rings. The number of amides is 2. The zero-order valence-corrected chi connectivity index (χ0v) is 22.7. The Bertz CT molecular complexity index is 1160. The van der Waals surface area contributed by atoms with Crippen molar-refractivity contribution >= 4 is 50.7 Å². The van der Waals surface area contributed by atoms with Crippen molar-refractivity contribution in [2.45, 2.75) is 45.8 Å². The minimum atomic E-state index is -3.93. The number of methoxy groups -OCH3 is 1. The van der Waals surface area contributed by atoms with Crippen LogP contribution in [0.3, 0.4) is 0 Å². The largest absolute Gasteiger partial charge is 0.495 e. The van der Waals surface area contributed by atoms with E-state index in [1.165, 1.54) is 24.1 Å². The van der Waals surface area contributed by atoms with Gasteiger partial charge in [-0.1, -0.05) is 48.3 Å². The van der Waals surface area contributed by atoms with E-state index in [0.717, 1.165) is 10.6 Å². The second kappa shape index (κ2) is 12.5. The van der Waals surface area contributed by atoms with Gasteiger partial charge in [0.1, 0.15) is 18.3 Å². The second-order valence-electron chi connectivity index (χ2n) is 8.19. The molecule has 2 rings (SSSR count). The molecular weight excluding hydrogens is 513 g/mol. The number of rotatable bonds is 11. The van der Waals surface area contributed by atoms with Gasteiger partial charge >= 0.3 is 0 Å². The van der Waals surface area contributed by atoms with Crippen molar-refractivity contribution in [3.8, 4) is 5.75 Å². The molecule has 0 bridgehead atoms. The normalized spacial score (nSPS) is 13.0. The average molecular weight is 545 g/mol. The summed E-state index contributed by atoms with van der Waals surface area (Å²) in [6.07, 6.45) is 1.70. The quantitative estimate of drug-likeness (QED) is 0.460. The minimum Gasteiger partial charge on any atom is -0.495 e. The summed E-state index contributed by atoms with van der Waals surface area (Å²) in [7, 11) is -2.54. The molecule has 0 aromatic heterocycles. The number of halogens is 2. The van der Waals surface area contributed by atoms with Crippen molar-refractivity contribution < 1.29 is 22.7 Å². The van der Waals surface area contributed by atoms with Crippen LogP contribution in [0.2, 0.25) is 10.0 Å². The van der Waals surface area contributed by atoms with Crippen LogP contribution in [0.15, 0.2) is 42.5 Å². The van der Waals surface area contributed by atoms with Crippen molar-refractivity contribution in [1.82, 2.24) is 10.2 Å². The van der Waals surface area contributed by atoms with Crippen molar-refractivity contribution in [1.29, 1.82) is 0 Å². The van der Waals surface area contributed by atoms with Gasteiger partial charge in [0.2, 0.25) is 21.8 Å². The maximum Gasteiger partial charge on any atom is 0.244 e. The summed E-state index contributed by atoms with van der Waals surface area (Å²) in [6.45, 7) is 4.84. The molecule has 2 amide bonds. The molecular formula is C24H31Cl2N3O5S. The van der Waals surface area contributed by atoms with E-state index in [-0.39, 0.29) is 35.0 Å². The van der Waals surface area contributed by atoms with E-state index in [1.54, 1.807) is 37.3 Å². The first-order valence-electron chi connectivity index (χ1n) is 11.0. The highest BCUT2D eigenvalue weighted by Gasteiger charge is 2.31. The molecule has 0 aliphatic carbocycles. The standard InChI is InChI=1S/C24H31Cl2N3O5S/c1-6-16(2)27-24(31)17(3)28(14-18-9-7-8-10-20(18)26)23(30)15-29(35(5,32)33)21-13-19(25)11-12-22(21)34-4/h7-13,16-17H,6,14-15H2,1-5H3,(H,27,31)/t16-,17+/m1/s1. The molecule has 192 valence electrons. The van der Waals surface area contributed by atoms with E-state index in [2.05, 4.69) is 5.32 Å². The third-order valence-electron chi connectivity index (χ3n) is 5.56. The Morgan fingerprint density at radius 1 is 1.11 bits per heavy atom. The Labute approximate surface area is 217 Å². The van der Waals surface area contributed by atoms with Gasteiger partial charge < -0.3 is 15.0 Å². The summed E-state index contributed by atoms with van der Waals surface area (Å²) in [5.41, 5.74) is 0.738. The highest BCUT2D eigenvalue weighted by atomic mass is 35.5. The number of carbonyl (C=O) groups excluding carboxylic acids is 2. The SMILES string of the molecule is CC[C@@H](C)NC(=O)[C@H](C)N(Cc1ccccc1Cl)C(=O)CN(c1cc(Cl)ccc1OC)S(C)(=O)=O. The summed E-state index contributed by atoms with van der Waals surface area (Å²) in [6, 6.07) is 10.5. The molecule has 1 N–H and O–H groups in total. The van der Waals surface area contributed by atoms with Gasteiger partial charge in [0, 0.05) is 22.6 Å². The van der Waals surface area contributed by atoms with Crippen LogP contribution in [-0.2, 0) is 26.2 Å². The van der Waals surface area contributed by atoms with E-state index < -0.39 is 28.5 Å². The van der Waals surface area contributed by atoms with Gasteiger partial charge in [-0.25, -0.2) is 8.42 Å². The molecule has 0 radical (unpaired) electrons. The summed E-state index contributed by atoms with van der Waals surface area (Å²) < 4.78 is 31.7. The third kappa shape index (κ3) is 7.75. The summed E-state index contributed by atoms with van der Waals surface area (Å²) in [4.78, 5) is 27.8. The Morgan fingerprint density at radius 3 is 2.34 bits per heavy atom.